The molecule has 10 heteroatoms. The summed E-state index contributed by atoms with van der Waals surface area (Å²) in [7, 11) is 0.155. The first-order valence-corrected chi connectivity index (χ1v) is 10.7. The number of hydrogen-bond acceptors (Lipinski definition) is 5. The van der Waals surface area contributed by atoms with Crippen LogP contribution in [0.25, 0.3) is 0 Å². The van der Waals surface area contributed by atoms with Crippen molar-refractivity contribution >= 4 is 27.3 Å². The number of halogens is 2. The Labute approximate surface area is 174 Å². The SMILES string of the molecule is COc1ccc(C(=O)Nc2cc(F)c(N3CCCC3)c(F)c2)cc1S(=O)(=O)N(C)C. The number of nitrogens with zero attached hydrogens (tertiary/aromatic N) is 2. The summed E-state index contributed by atoms with van der Waals surface area (Å²) in [6.07, 6.45) is 1.74. The van der Waals surface area contributed by atoms with Crippen molar-refractivity contribution in [3.8, 4) is 5.75 Å². The molecule has 162 valence electrons. The second kappa shape index (κ2) is 8.57. The summed E-state index contributed by atoms with van der Waals surface area (Å²) < 4.78 is 60.1. The molecule has 1 heterocycles. The number of methoxy groups -OCH3 is 1. The Morgan fingerprint density at radius 1 is 1.10 bits per heavy atom. The second-order valence-electron chi connectivity index (χ2n) is 7.09. The highest BCUT2D eigenvalue weighted by Gasteiger charge is 2.25. The first-order valence-electron chi connectivity index (χ1n) is 9.31. The summed E-state index contributed by atoms with van der Waals surface area (Å²) in [5.41, 5.74) is -0.166. The zero-order valence-corrected chi connectivity index (χ0v) is 17.7. The molecular formula is C20H23F2N3O4S. The topological polar surface area (TPSA) is 79.0 Å². The molecule has 1 aliphatic rings. The molecule has 1 N–H and O–H groups in total. The molecule has 0 bridgehead atoms. The molecule has 1 fully saturated rings. The number of rotatable bonds is 6. The molecule has 0 unspecified atom stereocenters. The Bertz CT molecular complexity index is 1040. The fourth-order valence-corrected chi connectivity index (χ4v) is 4.37. The van der Waals surface area contributed by atoms with Crippen molar-refractivity contribution in [3.05, 3.63) is 47.5 Å². The van der Waals surface area contributed by atoms with Crippen molar-refractivity contribution in [2.75, 3.05) is 44.5 Å². The van der Waals surface area contributed by atoms with Crippen LogP contribution in [0.2, 0.25) is 0 Å². The van der Waals surface area contributed by atoms with Crippen LogP contribution in [0, 0.1) is 11.6 Å². The molecule has 2 aromatic rings. The molecule has 0 saturated carbocycles. The summed E-state index contributed by atoms with van der Waals surface area (Å²) >= 11 is 0. The van der Waals surface area contributed by atoms with Crippen LogP contribution in [0.5, 0.6) is 5.75 Å². The fraction of sp³-hybridized carbons (Fsp3) is 0.350. The largest absolute Gasteiger partial charge is 0.495 e. The van der Waals surface area contributed by atoms with Crippen molar-refractivity contribution in [1.29, 1.82) is 0 Å². The Morgan fingerprint density at radius 3 is 2.23 bits per heavy atom. The van der Waals surface area contributed by atoms with Gasteiger partial charge in [-0.2, -0.15) is 0 Å². The van der Waals surface area contributed by atoms with Gasteiger partial charge in [0.15, 0.2) is 11.6 Å². The van der Waals surface area contributed by atoms with Crippen LogP contribution in [-0.2, 0) is 10.0 Å². The lowest BCUT2D eigenvalue weighted by molar-refractivity contribution is 0.102. The maximum Gasteiger partial charge on any atom is 0.255 e. The van der Waals surface area contributed by atoms with Gasteiger partial charge >= 0.3 is 0 Å². The van der Waals surface area contributed by atoms with Crippen molar-refractivity contribution in [1.82, 2.24) is 4.31 Å². The third kappa shape index (κ3) is 4.24. The van der Waals surface area contributed by atoms with Gasteiger partial charge in [-0.1, -0.05) is 0 Å². The zero-order valence-electron chi connectivity index (χ0n) is 16.9. The van der Waals surface area contributed by atoms with E-state index in [2.05, 4.69) is 5.32 Å². The van der Waals surface area contributed by atoms with Gasteiger partial charge in [-0.3, -0.25) is 4.79 Å². The number of amides is 1. The van der Waals surface area contributed by atoms with E-state index < -0.39 is 27.6 Å². The molecule has 1 amide bonds. The molecule has 30 heavy (non-hydrogen) atoms. The number of carbonyl (C=O) groups excluding carboxylic acids is 1. The molecular weight excluding hydrogens is 416 g/mol. The number of anilines is 2. The molecule has 0 radical (unpaired) electrons. The number of carbonyl (C=O) groups is 1. The minimum Gasteiger partial charge on any atom is -0.495 e. The molecule has 0 aliphatic carbocycles. The molecule has 1 saturated heterocycles. The Morgan fingerprint density at radius 2 is 1.70 bits per heavy atom. The lowest BCUT2D eigenvalue weighted by atomic mass is 10.2. The average Bonchev–Trinajstić information content (AvgIpc) is 3.21. The maximum absolute atomic E-state index is 14.5. The number of hydrogen-bond donors (Lipinski definition) is 1. The Balaban J connectivity index is 1.89. The van der Waals surface area contributed by atoms with Gasteiger partial charge in [-0.15, -0.1) is 0 Å². The first kappa shape index (κ1) is 22.0. The van der Waals surface area contributed by atoms with E-state index in [9.17, 15) is 22.0 Å². The van der Waals surface area contributed by atoms with Gasteiger partial charge in [0.05, 0.1) is 7.11 Å². The number of nitrogens with one attached hydrogen (secondary N) is 1. The molecule has 0 aromatic heterocycles. The molecule has 7 nitrogen and oxygen atoms in total. The highest BCUT2D eigenvalue weighted by atomic mass is 32.2. The summed E-state index contributed by atoms with van der Waals surface area (Å²) in [6, 6.07) is 5.98. The van der Waals surface area contributed by atoms with E-state index in [4.69, 9.17) is 4.74 Å². The van der Waals surface area contributed by atoms with Gasteiger partial charge in [0.2, 0.25) is 10.0 Å². The van der Waals surface area contributed by atoms with E-state index in [1.54, 1.807) is 4.90 Å². The van der Waals surface area contributed by atoms with Crippen LogP contribution in [-0.4, -0.2) is 52.9 Å². The van der Waals surface area contributed by atoms with E-state index in [1.165, 1.54) is 33.3 Å². The van der Waals surface area contributed by atoms with E-state index in [-0.39, 0.29) is 27.6 Å². The second-order valence-corrected chi connectivity index (χ2v) is 9.21. The third-order valence-corrected chi connectivity index (χ3v) is 6.72. The van der Waals surface area contributed by atoms with Gasteiger partial charge in [0.25, 0.3) is 5.91 Å². The lowest BCUT2D eigenvalue weighted by Crippen LogP contribution is -2.23. The first-order chi connectivity index (χ1) is 14.1. The predicted octanol–water partition coefficient (Wildman–Crippen LogP) is 3.08. The summed E-state index contributed by atoms with van der Waals surface area (Å²) in [6.45, 7) is 1.16. The molecule has 0 atom stereocenters. The van der Waals surface area contributed by atoms with E-state index in [0.717, 1.165) is 35.3 Å². The number of sulfonamides is 1. The van der Waals surface area contributed by atoms with Crippen molar-refractivity contribution in [3.63, 3.8) is 0 Å². The number of benzene rings is 2. The Hall–Kier alpha value is -2.72. The number of ether oxygens (including phenoxy) is 1. The van der Waals surface area contributed by atoms with Gasteiger partial charge in [-0.25, -0.2) is 21.5 Å². The Kier molecular flexibility index (Phi) is 6.27. The lowest BCUT2D eigenvalue weighted by Gasteiger charge is -2.20. The molecule has 0 spiro atoms. The minimum absolute atomic E-state index is 0.000612. The van der Waals surface area contributed by atoms with Crippen molar-refractivity contribution < 1.29 is 26.7 Å². The average molecular weight is 439 g/mol. The van der Waals surface area contributed by atoms with Crippen molar-refractivity contribution in [2.45, 2.75) is 17.7 Å². The van der Waals surface area contributed by atoms with Crippen LogP contribution in [0.3, 0.4) is 0 Å². The van der Waals surface area contributed by atoms with Crippen LogP contribution in [0.15, 0.2) is 35.2 Å². The van der Waals surface area contributed by atoms with Gasteiger partial charge in [-0.05, 0) is 43.2 Å². The monoisotopic (exact) mass is 439 g/mol. The summed E-state index contributed by atoms with van der Waals surface area (Å²) in [5, 5.41) is 2.42. The zero-order chi connectivity index (χ0) is 22.1. The van der Waals surface area contributed by atoms with Gasteiger partial charge in [0.1, 0.15) is 16.3 Å². The third-order valence-electron chi connectivity index (χ3n) is 4.88. The van der Waals surface area contributed by atoms with Crippen LogP contribution < -0.4 is 15.0 Å². The highest BCUT2D eigenvalue weighted by Crippen LogP contribution is 2.31. The van der Waals surface area contributed by atoms with Crippen LogP contribution >= 0.6 is 0 Å². The van der Waals surface area contributed by atoms with Crippen molar-refractivity contribution in [2.24, 2.45) is 0 Å². The van der Waals surface area contributed by atoms with Crippen LogP contribution in [0.4, 0.5) is 20.2 Å². The highest BCUT2D eigenvalue weighted by molar-refractivity contribution is 7.89. The fourth-order valence-electron chi connectivity index (χ4n) is 3.30. The summed E-state index contributed by atoms with van der Waals surface area (Å²) in [4.78, 5) is 14.1. The smallest absolute Gasteiger partial charge is 0.255 e. The summed E-state index contributed by atoms with van der Waals surface area (Å²) in [5.74, 6) is -2.16. The normalized spacial score (nSPS) is 14.3. The van der Waals surface area contributed by atoms with E-state index >= 15 is 0 Å². The van der Waals surface area contributed by atoms with Crippen LogP contribution in [0.1, 0.15) is 23.2 Å². The quantitative estimate of drug-likeness (QED) is 0.749. The molecule has 2 aromatic carbocycles. The van der Waals surface area contributed by atoms with Gasteiger partial charge in [0, 0.05) is 38.4 Å². The van der Waals surface area contributed by atoms with E-state index in [0.29, 0.717) is 13.1 Å². The minimum atomic E-state index is -3.87. The van der Waals surface area contributed by atoms with E-state index in [1.807, 2.05) is 0 Å². The maximum atomic E-state index is 14.5. The molecule has 3 rings (SSSR count). The standard InChI is InChI=1S/C20H23F2N3O4S/c1-24(2)30(27,28)18-10-13(6-7-17(18)29-3)20(26)23-14-11-15(21)19(16(22)12-14)25-8-4-5-9-25/h6-7,10-12H,4-5,8-9H2,1-3H3,(H,23,26). The van der Waals surface area contributed by atoms with Gasteiger partial charge < -0.3 is 15.0 Å². The predicted molar refractivity (Wildman–Crippen MR) is 110 cm³/mol. The molecule has 1 aliphatic heterocycles.